The molecule has 2 aromatic carbocycles. The summed E-state index contributed by atoms with van der Waals surface area (Å²) in [4.78, 5) is 13.8. The molecule has 0 aliphatic carbocycles. The molecule has 0 saturated carbocycles. The summed E-state index contributed by atoms with van der Waals surface area (Å²) in [5.74, 6) is 0.281. The maximum absolute atomic E-state index is 11.5. The molecular weight excluding hydrogens is 274 g/mol. The Kier molecular flexibility index (Phi) is 5.59. The maximum atomic E-state index is 11.5. The molecule has 0 fully saturated rings. The molecule has 0 spiro atoms. The van der Waals surface area contributed by atoms with Crippen molar-refractivity contribution in [1.82, 2.24) is 0 Å². The Morgan fingerprint density at radius 1 is 1.05 bits per heavy atom. The summed E-state index contributed by atoms with van der Waals surface area (Å²) in [6.45, 7) is 6.25. The largest absolute Gasteiger partial charge is 0.465 e. The van der Waals surface area contributed by atoms with Crippen LogP contribution in [0.1, 0.15) is 29.8 Å². The summed E-state index contributed by atoms with van der Waals surface area (Å²) in [5.41, 5.74) is 2.98. The second-order valence-corrected chi connectivity index (χ2v) is 5.80. The van der Waals surface area contributed by atoms with Crippen LogP contribution in [0.2, 0.25) is 0 Å². The van der Waals surface area contributed by atoms with Crippen molar-refractivity contribution in [2.24, 2.45) is 5.92 Å². The molecule has 3 heteroatoms. The fraction of sp³-hybridized carbons (Fsp3) is 0.316. The van der Waals surface area contributed by atoms with Gasteiger partial charge in [0.05, 0.1) is 12.7 Å². The minimum Gasteiger partial charge on any atom is -0.465 e. The van der Waals surface area contributed by atoms with E-state index in [2.05, 4.69) is 43.0 Å². The molecule has 0 unspecified atom stereocenters. The third-order valence-electron chi connectivity index (χ3n) is 3.46. The third kappa shape index (κ3) is 4.35. The van der Waals surface area contributed by atoms with E-state index in [0.717, 1.165) is 13.1 Å². The molecule has 0 atom stereocenters. The van der Waals surface area contributed by atoms with Crippen LogP contribution in [-0.2, 0) is 11.3 Å². The van der Waals surface area contributed by atoms with Gasteiger partial charge >= 0.3 is 5.97 Å². The number of methoxy groups -OCH3 is 1. The van der Waals surface area contributed by atoms with Crippen molar-refractivity contribution >= 4 is 11.7 Å². The lowest BCUT2D eigenvalue weighted by atomic mass is 10.1. The summed E-state index contributed by atoms with van der Waals surface area (Å²) in [6, 6.07) is 18.0. The van der Waals surface area contributed by atoms with E-state index in [1.807, 2.05) is 30.3 Å². The number of hydrogen-bond acceptors (Lipinski definition) is 3. The molecule has 3 nitrogen and oxygen atoms in total. The Balaban J connectivity index is 2.15. The highest BCUT2D eigenvalue weighted by atomic mass is 16.5. The number of carbonyl (C=O) groups is 1. The van der Waals surface area contributed by atoms with Crippen LogP contribution in [0.25, 0.3) is 0 Å². The average molecular weight is 297 g/mol. The predicted molar refractivity (Wildman–Crippen MR) is 90.1 cm³/mol. The normalized spacial score (nSPS) is 10.5. The Bertz CT molecular complexity index is 591. The maximum Gasteiger partial charge on any atom is 0.337 e. The highest BCUT2D eigenvalue weighted by Crippen LogP contribution is 2.19. The minimum atomic E-state index is -0.298. The van der Waals surface area contributed by atoms with E-state index < -0.39 is 0 Å². The number of anilines is 1. The second kappa shape index (κ2) is 7.64. The van der Waals surface area contributed by atoms with Gasteiger partial charge in [0.25, 0.3) is 0 Å². The molecule has 0 aromatic heterocycles. The molecule has 22 heavy (non-hydrogen) atoms. The number of ether oxygens (including phenoxy) is 1. The van der Waals surface area contributed by atoms with Crippen LogP contribution in [0.3, 0.4) is 0 Å². The van der Waals surface area contributed by atoms with Gasteiger partial charge < -0.3 is 9.64 Å². The van der Waals surface area contributed by atoms with Crippen LogP contribution in [0, 0.1) is 5.92 Å². The molecule has 0 bridgehead atoms. The number of para-hydroxylation sites is 1. The fourth-order valence-corrected chi connectivity index (χ4v) is 2.43. The molecular formula is C19H23NO2. The lowest BCUT2D eigenvalue weighted by molar-refractivity contribution is 0.0600. The van der Waals surface area contributed by atoms with Crippen molar-refractivity contribution in [2.75, 3.05) is 18.6 Å². The quantitative estimate of drug-likeness (QED) is 0.751. The Morgan fingerprint density at radius 3 is 2.23 bits per heavy atom. The van der Waals surface area contributed by atoms with Gasteiger partial charge in [-0.2, -0.15) is 0 Å². The monoisotopic (exact) mass is 297 g/mol. The zero-order chi connectivity index (χ0) is 15.9. The summed E-state index contributed by atoms with van der Waals surface area (Å²) >= 11 is 0. The molecule has 0 N–H and O–H groups in total. The van der Waals surface area contributed by atoms with Gasteiger partial charge in [0, 0.05) is 18.8 Å². The van der Waals surface area contributed by atoms with Gasteiger partial charge in [-0.05, 0) is 35.7 Å². The zero-order valence-electron chi connectivity index (χ0n) is 13.5. The van der Waals surface area contributed by atoms with Gasteiger partial charge in [-0.3, -0.25) is 0 Å². The van der Waals surface area contributed by atoms with Crippen molar-refractivity contribution in [3.05, 3.63) is 65.7 Å². The van der Waals surface area contributed by atoms with E-state index in [-0.39, 0.29) is 5.97 Å². The fourth-order valence-electron chi connectivity index (χ4n) is 2.43. The van der Waals surface area contributed by atoms with E-state index in [9.17, 15) is 4.79 Å². The van der Waals surface area contributed by atoms with Gasteiger partial charge in [-0.1, -0.05) is 44.2 Å². The van der Waals surface area contributed by atoms with Crippen LogP contribution in [-0.4, -0.2) is 19.6 Å². The first-order valence-corrected chi connectivity index (χ1v) is 7.57. The number of nitrogens with zero attached hydrogens (tertiary/aromatic N) is 1. The molecule has 2 aromatic rings. The molecule has 0 heterocycles. The standard InChI is InChI=1S/C19H23NO2/c1-15(2)13-20(18-7-5-4-6-8-18)14-16-9-11-17(12-10-16)19(21)22-3/h4-12,15H,13-14H2,1-3H3. The number of rotatable bonds is 6. The second-order valence-electron chi connectivity index (χ2n) is 5.80. The number of carbonyl (C=O) groups excluding carboxylic acids is 1. The van der Waals surface area contributed by atoms with Crippen molar-refractivity contribution in [1.29, 1.82) is 0 Å². The van der Waals surface area contributed by atoms with Crippen molar-refractivity contribution < 1.29 is 9.53 Å². The van der Waals surface area contributed by atoms with Crippen molar-refractivity contribution in [3.8, 4) is 0 Å². The first-order valence-electron chi connectivity index (χ1n) is 7.57. The summed E-state index contributed by atoms with van der Waals surface area (Å²) in [7, 11) is 1.40. The van der Waals surface area contributed by atoms with Crippen LogP contribution >= 0.6 is 0 Å². The first-order chi connectivity index (χ1) is 10.6. The number of hydrogen-bond donors (Lipinski definition) is 0. The van der Waals surface area contributed by atoms with Crippen LogP contribution in [0.4, 0.5) is 5.69 Å². The van der Waals surface area contributed by atoms with Gasteiger partial charge in [-0.15, -0.1) is 0 Å². The van der Waals surface area contributed by atoms with E-state index in [1.54, 1.807) is 0 Å². The van der Waals surface area contributed by atoms with E-state index in [4.69, 9.17) is 4.74 Å². The lowest BCUT2D eigenvalue weighted by Crippen LogP contribution is -2.27. The van der Waals surface area contributed by atoms with Crippen molar-refractivity contribution in [2.45, 2.75) is 20.4 Å². The first kappa shape index (κ1) is 16.1. The molecule has 0 aliphatic heterocycles. The van der Waals surface area contributed by atoms with Gasteiger partial charge in [0.1, 0.15) is 0 Å². The topological polar surface area (TPSA) is 29.5 Å². The number of benzene rings is 2. The van der Waals surface area contributed by atoms with E-state index >= 15 is 0 Å². The summed E-state index contributed by atoms with van der Waals surface area (Å²) in [6.07, 6.45) is 0. The van der Waals surface area contributed by atoms with Crippen molar-refractivity contribution in [3.63, 3.8) is 0 Å². The molecule has 0 saturated heterocycles. The summed E-state index contributed by atoms with van der Waals surface area (Å²) in [5, 5.41) is 0. The van der Waals surface area contributed by atoms with Crippen LogP contribution in [0.5, 0.6) is 0 Å². The highest BCUT2D eigenvalue weighted by Gasteiger charge is 2.10. The third-order valence-corrected chi connectivity index (χ3v) is 3.46. The van der Waals surface area contributed by atoms with E-state index in [0.29, 0.717) is 11.5 Å². The van der Waals surface area contributed by atoms with E-state index in [1.165, 1.54) is 18.4 Å². The minimum absolute atomic E-state index is 0.298. The van der Waals surface area contributed by atoms with Crippen LogP contribution in [0.15, 0.2) is 54.6 Å². The SMILES string of the molecule is COC(=O)c1ccc(CN(CC(C)C)c2ccccc2)cc1. The molecule has 0 aliphatic rings. The Hall–Kier alpha value is -2.29. The van der Waals surface area contributed by atoms with Gasteiger partial charge in [0.15, 0.2) is 0 Å². The highest BCUT2D eigenvalue weighted by molar-refractivity contribution is 5.89. The number of esters is 1. The average Bonchev–Trinajstić information content (AvgIpc) is 2.54. The Morgan fingerprint density at radius 2 is 1.68 bits per heavy atom. The molecule has 0 radical (unpaired) electrons. The predicted octanol–water partition coefficient (Wildman–Crippen LogP) is 4.14. The zero-order valence-corrected chi connectivity index (χ0v) is 13.5. The molecule has 116 valence electrons. The smallest absolute Gasteiger partial charge is 0.337 e. The van der Waals surface area contributed by atoms with Gasteiger partial charge in [0.2, 0.25) is 0 Å². The summed E-state index contributed by atoms with van der Waals surface area (Å²) < 4.78 is 4.73. The molecule has 0 amide bonds. The molecule has 2 rings (SSSR count). The van der Waals surface area contributed by atoms with Gasteiger partial charge in [-0.25, -0.2) is 4.79 Å². The van der Waals surface area contributed by atoms with Crippen LogP contribution < -0.4 is 4.90 Å². The Labute approximate surface area is 132 Å². The lowest BCUT2D eigenvalue weighted by Gasteiger charge is -2.27.